The van der Waals surface area contributed by atoms with Crippen LogP contribution in [0.3, 0.4) is 0 Å². The predicted molar refractivity (Wildman–Crippen MR) is 82.1 cm³/mol. The van der Waals surface area contributed by atoms with Crippen molar-refractivity contribution in [3.63, 3.8) is 0 Å². The lowest BCUT2D eigenvalue weighted by molar-refractivity contribution is 0.266. The molecule has 2 aliphatic rings. The van der Waals surface area contributed by atoms with Crippen LogP contribution in [0.1, 0.15) is 39.3 Å². The first-order valence-corrected chi connectivity index (χ1v) is 7.32. The fourth-order valence-corrected chi connectivity index (χ4v) is 3.23. The summed E-state index contributed by atoms with van der Waals surface area (Å²) in [7, 11) is 0. The van der Waals surface area contributed by atoms with Crippen LogP contribution < -0.4 is 5.32 Å². The number of nitrogens with zero attached hydrogens (tertiary/aromatic N) is 4. The van der Waals surface area contributed by atoms with Gasteiger partial charge < -0.3 is 5.32 Å². The molecule has 0 bridgehead atoms. The molecule has 6 heteroatoms. The first-order valence-electron chi connectivity index (χ1n) is 7.32. The Bertz CT molecular complexity index is 445. The highest BCUT2D eigenvalue weighted by atomic mass is 35.5. The summed E-state index contributed by atoms with van der Waals surface area (Å²) in [5, 5.41) is 12.1. The monoisotopic (exact) mass is 299 g/mol. The lowest BCUT2D eigenvalue weighted by Gasteiger charge is -2.22. The van der Waals surface area contributed by atoms with Crippen molar-refractivity contribution in [2.45, 2.75) is 45.7 Å². The Morgan fingerprint density at radius 2 is 2.15 bits per heavy atom. The van der Waals surface area contributed by atoms with E-state index in [-0.39, 0.29) is 17.9 Å². The number of halogens is 1. The zero-order valence-corrected chi connectivity index (χ0v) is 13.5. The minimum atomic E-state index is 0. The highest BCUT2D eigenvalue weighted by Crippen LogP contribution is 2.36. The van der Waals surface area contributed by atoms with Gasteiger partial charge in [-0.15, -0.1) is 17.5 Å². The summed E-state index contributed by atoms with van der Waals surface area (Å²) in [6.07, 6.45) is 4.75. The zero-order chi connectivity index (χ0) is 13.5. The second-order valence-electron chi connectivity index (χ2n) is 7.21. The molecule has 0 aliphatic carbocycles. The van der Waals surface area contributed by atoms with Crippen LogP contribution in [0.15, 0.2) is 6.20 Å². The van der Waals surface area contributed by atoms with Crippen LogP contribution in [-0.2, 0) is 12.1 Å². The van der Waals surface area contributed by atoms with E-state index in [1.54, 1.807) is 0 Å². The molecule has 0 aromatic carbocycles. The number of likely N-dealkylation sites (tertiary alicyclic amines) is 1. The first-order chi connectivity index (χ1) is 8.97. The number of aromatic nitrogens is 3. The molecule has 2 aliphatic heterocycles. The summed E-state index contributed by atoms with van der Waals surface area (Å²) in [5.74, 6) is 0. The van der Waals surface area contributed by atoms with E-state index < -0.39 is 0 Å². The second kappa shape index (κ2) is 5.62. The molecule has 3 rings (SSSR count). The summed E-state index contributed by atoms with van der Waals surface area (Å²) in [4.78, 5) is 2.53. The Hall–Kier alpha value is -0.650. The average molecular weight is 300 g/mol. The molecule has 1 aromatic heterocycles. The van der Waals surface area contributed by atoms with Crippen LogP contribution >= 0.6 is 12.4 Å². The van der Waals surface area contributed by atoms with Crippen LogP contribution in [0, 0.1) is 5.41 Å². The normalized spacial score (nSPS) is 27.1. The molecular formula is C14H26ClN5. The van der Waals surface area contributed by atoms with Crippen LogP contribution in [-0.4, -0.2) is 46.1 Å². The number of hydrogen-bond acceptors (Lipinski definition) is 4. The first kappa shape index (κ1) is 15.7. The van der Waals surface area contributed by atoms with E-state index in [1.165, 1.54) is 39.0 Å². The van der Waals surface area contributed by atoms with Crippen molar-refractivity contribution < 1.29 is 0 Å². The van der Waals surface area contributed by atoms with Crippen LogP contribution in [0.5, 0.6) is 0 Å². The number of rotatable bonds is 2. The smallest absolute Gasteiger partial charge is 0.0967 e. The molecular weight excluding hydrogens is 274 g/mol. The molecule has 3 heterocycles. The molecule has 2 saturated heterocycles. The van der Waals surface area contributed by atoms with Crippen LogP contribution in [0.4, 0.5) is 0 Å². The standard InChI is InChI=1S/C14H25N5.ClH/c1-13(2,3)19-9-12(16-17-19)8-18-7-5-14(11-18)4-6-15-10-14;/h9,15H,4-8,10-11H2,1-3H3;1H. The van der Waals surface area contributed by atoms with Crippen LogP contribution in [0.2, 0.25) is 0 Å². The molecule has 1 atom stereocenters. The van der Waals surface area contributed by atoms with Crippen molar-refractivity contribution >= 4 is 12.4 Å². The van der Waals surface area contributed by atoms with Crippen molar-refractivity contribution in [3.8, 4) is 0 Å². The van der Waals surface area contributed by atoms with Gasteiger partial charge in [-0.3, -0.25) is 4.90 Å². The van der Waals surface area contributed by atoms with Gasteiger partial charge in [-0.1, -0.05) is 5.21 Å². The Kier molecular flexibility index (Phi) is 4.42. The van der Waals surface area contributed by atoms with E-state index in [4.69, 9.17) is 0 Å². The number of nitrogens with one attached hydrogen (secondary N) is 1. The Balaban J connectivity index is 0.00000147. The van der Waals surface area contributed by atoms with Crippen molar-refractivity contribution in [2.75, 3.05) is 26.2 Å². The fraction of sp³-hybridized carbons (Fsp3) is 0.857. The summed E-state index contributed by atoms with van der Waals surface area (Å²) in [5.41, 5.74) is 1.66. The maximum atomic E-state index is 4.32. The molecule has 0 saturated carbocycles. The minimum Gasteiger partial charge on any atom is -0.316 e. The van der Waals surface area contributed by atoms with Crippen molar-refractivity contribution in [2.24, 2.45) is 5.41 Å². The molecule has 1 spiro atoms. The highest BCUT2D eigenvalue weighted by molar-refractivity contribution is 5.85. The Labute approximate surface area is 127 Å². The SMILES string of the molecule is CC(C)(C)n1cc(CN2CCC3(CCNC3)C2)nn1.Cl. The molecule has 0 radical (unpaired) electrons. The van der Waals surface area contributed by atoms with Gasteiger partial charge in [0.2, 0.25) is 0 Å². The topological polar surface area (TPSA) is 46.0 Å². The van der Waals surface area contributed by atoms with Crippen molar-refractivity contribution in [1.29, 1.82) is 0 Å². The molecule has 0 amide bonds. The largest absolute Gasteiger partial charge is 0.316 e. The average Bonchev–Trinajstić information content (AvgIpc) is 3.01. The quantitative estimate of drug-likeness (QED) is 0.902. The number of hydrogen-bond donors (Lipinski definition) is 1. The van der Waals surface area contributed by atoms with E-state index >= 15 is 0 Å². The Morgan fingerprint density at radius 1 is 1.35 bits per heavy atom. The highest BCUT2D eigenvalue weighted by Gasteiger charge is 2.40. The summed E-state index contributed by atoms with van der Waals surface area (Å²) >= 11 is 0. The minimum absolute atomic E-state index is 0. The molecule has 20 heavy (non-hydrogen) atoms. The van der Waals surface area contributed by atoms with Crippen molar-refractivity contribution in [1.82, 2.24) is 25.2 Å². The second-order valence-corrected chi connectivity index (χ2v) is 7.21. The van der Waals surface area contributed by atoms with Gasteiger partial charge in [0.25, 0.3) is 0 Å². The van der Waals surface area contributed by atoms with E-state index in [9.17, 15) is 0 Å². The van der Waals surface area contributed by atoms with Gasteiger partial charge in [-0.05, 0) is 52.1 Å². The van der Waals surface area contributed by atoms with Crippen molar-refractivity contribution in [3.05, 3.63) is 11.9 Å². The molecule has 114 valence electrons. The third-order valence-corrected chi connectivity index (χ3v) is 4.46. The van der Waals surface area contributed by atoms with Gasteiger partial charge in [0.1, 0.15) is 0 Å². The lowest BCUT2D eigenvalue weighted by Crippen LogP contribution is -2.29. The maximum absolute atomic E-state index is 4.32. The lowest BCUT2D eigenvalue weighted by atomic mass is 9.87. The summed E-state index contributed by atoms with van der Waals surface area (Å²) < 4.78 is 1.96. The van der Waals surface area contributed by atoms with Gasteiger partial charge in [-0.25, -0.2) is 4.68 Å². The summed E-state index contributed by atoms with van der Waals surface area (Å²) in [6.45, 7) is 12.2. The van der Waals surface area contributed by atoms with Gasteiger partial charge in [0.05, 0.1) is 17.4 Å². The Morgan fingerprint density at radius 3 is 2.75 bits per heavy atom. The molecule has 1 N–H and O–H groups in total. The fourth-order valence-electron chi connectivity index (χ4n) is 3.23. The van der Waals surface area contributed by atoms with E-state index in [1.807, 2.05) is 4.68 Å². The third-order valence-electron chi connectivity index (χ3n) is 4.46. The molecule has 5 nitrogen and oxygen atoms in total. The zero-order valence-electron chi connectivity index (χ0n) is 12.7. The van der Waals surface area contributed by atoms with E-state index in [0.717, 1.165) is 12.2 Å². The third kappa shape index (κ3) is 3.15. The van der Waals surface area contributed by atoms with Crippen LogP contribution in [0.25, 0.3) is 0 Å². The van der Waals surface area contributed by atoms with Gasteiger partial charge in [0.15, 0.2) is 0 Å². The summed E-state index contributed by atoms with van der Waals surface area (Å²) in [6, 6.07) is 0. The molecule has 1 unspecified atom stereocenters. The van der Waals surface area contributed by atoms with E-state index in [0.29, 0.717) is 5.41 Å². The predicted octanol–water partition coefficient (Wildman–Crippen LogP) is 1.64. The van der Waals surface area contributed by atoms with E-state index in [2.05, 4.69) is 47.5 Å². The van der Waals surface area contributed by atoms with Gasteiger partial charge >= 0.3 is 0 Å². The van der Waals surface area contributed by atoms with Gasteiger partial charge in [0, 0.05) is 19.6 Å². The maximum Gasteiger partial charge on any atom is 0.0967 e. The van der Waals surface area contributed by atoms with Gasteiger partial charge in [-0.2, -0.15) is 0 Å². The molecule has 1 aromatic rings. The molecule has 2 fully saturated rings.